The maximum absolute atomic E-state index is 10.3. The maximum Gasteiger partial charge on any atom is 0.287 e. The molecule has 3 rings (SSSR count). The van der Waals surface area contributed by atoms with Gasteiger partial charge in [0, 0.05) is 0 Å². The fourth-order valence-electron chi connectivity index (χ4n) is 3.33. The molecule has 1 saturated carbocycles. The molecule has 12 heteroatoms. The van der Waals surface area contributed by atoms with Crippen molar-refractivity contribution in [1.29, 1.82) is 0 Å². The molecule has 0 radical (unpaired) electrons. The standard InChI is InChI=1S/C13H22N2O10/c16-1-3-4(18)5(19)6(20)11(24-3)15-12-14-9-8(25-12)7(21)10(22)13(9,23)2-17/h3-11,16-23H,1-2H2,(H,14,15)/t3-,4+,5+,6-,7-,8-,9-,10+,11+,13+/m1/s1. The number of hydrogen-bond acceptors (Lipinski definition) is 12. The second-order valence-corrected chi connectivity index (χ2v) is 6.44. The van der Waals surface area contributed by atoms with Gasteiger partial charge in [-0.15, -0.1) is 0 Å². The number of hydrogen-bond donors (Lipinski definition) is 9. The molecule has 2 fully saturated rings. The Balaban J connectivity index is 1.74. The first kappa shape index (κ1) is 18.7. The molecule has 2 aliphatic heterocycles. The molecule has 1 aliphatic carbocycles. The molecule has 0 bridgehead atoms. The van der Waals surface area contributed by atoms with E-state index in [2.05, 4.69) is 10.3 Å². The van der Waals surface area contributed by atoms with Crippen molar-refractivity contribution in [2.45, 2.75) is 60.6 Å². The van der Waals surface area contributed by atoms with E-state index in [0.29, 0.717) is 0 Å². The molecule has 0 spiro atoms. The highest BCUT2D eigenvalue weighted by atomic mass is 16.6. The zero-order valence-corrected chi connectivity index (χ0v) is 13.0. The van der Waals surface area contributed by atoms with Crippen LogP contribution in [0, 0.1) is 0 Å². The summed E-state index contributed by atoms with van der Waals surface area (Å²) >= 11 is 0. The normalized spacial score (nSPS) is 52.5. The van der Waals surface area contributed by atoms with Gasteiger partial charge >= 0.3 is 0 Å². The van der Waals surface area contributed by atoms with E-state index in [1.807, 2.05) is 0 Å². The average Bonchev–Trinajstić information content (AvgIpc) is 3.10. The third-order valence-electron chi connectivity index (χ3n) is 4.91. The number of nitrogens with zero attached hydrogens (tertiary/aromatic N) is 1. The van der Waals surface area contributed by atoms with E-state index in [-0.39, 0.29) is 6.02 Å². The molecule has 2 heterocycles. The summed E-state index contributed by atoms with van der Waals surface area (Å²) in [5.74, 6) is 0. The molecule has 1 saturated heterocycles. The quantitative estimate of drug-likeness (QED) is 0.230. The summed E-state index contributed by atoms with van der Waals surface area (Å²) in [7, 11) is 0. The van der Waals surface area contributed by atoms with Crippen LogP contribution in [-0.4, -0.2) is 121 Å². The molecule has 10 atom stereocenters. The highest BCUT2D eigenvalue weighted by molar-refractivity contribution is 5.76. The average molecular weight is 366 g/mol. The van der Waals surface area contributed by atoms with Crippen LogP contribution in [0.1, 0.15) is 0 Å². The summed E-state index contributed by atoms with van der Waals surface area (Å²) in [6.45, 7) is -1.48. The summed E-state index contributed by atoms with van der Waals surface area (Å²) in [5, 5.41) is 80.4. The molecule has 144 valence electrons. The van der Waals surface area contributed by atoms with Crippen LogP contribution in [0.25, 0.3) is 0 Å². The van der Waals surface area contributed by atoms with Crippen molar-refractivity contribution < 1.29 is 50.3 Å². The van der Waals surface area contributed by atoms with E-state index in [0.717, 1.165) is 0 Å². The maximum atomic E-state index is 10.3. The van der Waals surface area contributed by atoms with Gasteiger partial charge in [-0.25, -0.2) is 4.99 Å². The predicted molar refractivity (Wildman–Crippen MR) is 77.0 cm³/mol. The van der Waals surface area contributed by atoms with Gasteiger partial charge in [-0.2, -0.15) is 0 Å². The van der Waals surface area contributed by atoms with E-state index in [1.165, 1.54) is 0 Å². The van der Waals surface area contributed by atoms with Gasteiger partial charge in [-0.1, -0.05) is 0 Å². The van der Waals surface area contributed by atoms with E-state index in [1.54, 1.807) is 0 Å². The Labute approximate surface area is 141 Å². The Morgan fingerprint density at radius 3 is 2.28 bits per heavy atom. The Hall–Kier alpha value is -1.09. The van der Waals surface area contributed by atoms with Crippen molar-refractivity contribution in [2.24, 2.45) is 4.99 Å². The third-order valence-corrected chi connectivity index (χ3v) is 4.91. The van der Waals surface area contributed by atoms with Crippen molar-refractivity contribution in [3.05, 3.63) is 0 Å². The minimum atomic E-state index is -2.11. The summed E-state index contributed by atoms with van der Waals surface area (Å²) in [4.78, 5) is 3.95. The van der Waals surface area contributed by atoms with Crippen molar-refractivity contribution in [3.8, 4) is 0 Å². The number of amidine groups is 1. The largest absolute Gasteiger partial charge is 0.457 e. The summed E-state index contributed by atoms with van der Waals surface area (Å²) < 4.78 is 10.5. The lowest BCUT2D eigenvalue weighted by Gasteiger charge is -2.40. The first-order valence-electron chi connectivity index (χ1n) is 7.75. The number of aliphatic imine (C=N–C) groups is 1. The molecule has 9 N–H and O–H groups in total. The van der Waals surface area contributed by atoms with Crippen LogP contribution < -0.4 is 5.32 Å². The van der Waals surface area contributed by atoms with E-state index in [4.69, 9.17) is 14.6 Å². The van der Waals surface area contributed by atoms with Gasteiger partial charge in [0.2, 0.25) is 0 Å². The van der Waals surface area contributed by atoms with E-state index in [9.17, 15) is 35.7 Å². The predicted octanol–water partition coefficient (Wildman–Crippen LogP) is -6.04. The highest BCUT2D eigenvalue weighted by Crippen LogP contribution is 2.38. The molecule has 25 heavy (non-hydrogen) atoms. The topological polar surface area (TPSA) is 205 Å². The number of fused-ring (bicyclic) bond motifs is 1. The van der Waals surface area contributed by atoms with E-state index >= 15 is 0 Å². The minimum absolute atomic E-state index is 0.267. The Bertz CT molecular complexity index is 533. The van der Waals surface area contributed by atoms with Gasteiger partial charge in [0.25, 0.3) is 6.02 Å². The van der Waals surface area contributed by atoms with Crippen LogP contribution in [0.3, 0.4) is 0 Å². The van der Waals surface area contributed by atoms with Gasteiger partial charge in [0.1, 0.15) is 48.3 Å². The van der Waals surface area contributed by atoms with Crippen LogP contribution >= 0.6 is 0 Å². The third kappa shape index (κ3) is 2.79. The smallest absolute Gasteiger partial charge is 0.287 e. The second-order valence-electron chi connectivity index (χ2n) is 6.44. The molecular weight excluding hydrogens is 344 g/mol. The lowest BCUT2D eigenvalue weighted by molar-refractivity contribution is -0.233. The fourth-order valence-corrected chi connectivity index (χ4v) is 3.33. The van der Waals surface area contributed by atoms with Crippen LogP contribution in [0.2, 0.25) is 0 Å². The Morgan fingerprint density at radius 1 is 1.00 bits per heavy atom. The lowest BCUT2D eigenvalue weighted by atomic mass is 9.97. The molecule has 0 aromatic rings. The first-order chi connectivity index (χ1) is 11.7. The molecule has 0 aromatic carbocycles. The summed E-state index contributed by atoms with van der Waals surface area (Å²) in [6.07, 6.45) is -11.5. The Kier molecular flexibility index (Phi) is 4.91. The monoisotopic (exact) mass is 366 g/mol. The van der Waals surface area contributed by atoms with Crippen LogP contribution in [0.15, 0.2) is 4.99 Å². The number of aliphatic hydroxyl groups excluding tert-OH is 7. The van der Waals surface area contributed by atoms with Gasteiger partial charge in [0.05, 0.1) is 13.2 Å². The number of ether oxygens (including phenoxy) is 2. The fraction of sp³-hybridized carbons (Fsp3) is 0.923. The zero-order chi connectivity index (χ0) is 18.5. The SMILES string of the molecule is OC[C@H]1O[C@H](NC2=N[C@@H]3[C@H](O2)[C@@H](O)[C@H](O)[C@]3(O)CO)[C@H](O)[C@@H](O)[C@H]1O. The minimum Gasteiger partial charge on any atom is -0.457 e. The highest BCUT2D eigenvalue weighted by Gasteiger charge is 2.63. The van der Waals surface area contributed by atoms with Crippen LogP contribution in [-0.2, 0) is 9.47 Å². The number of aliphatic hydroxyl groups is 8. The summed E-state index contributed by atoms with van der Waals surface area (Å²) in [6, 6.07) is -1.44. The van der Waals surface area contributed by atoms with Gasteiger partial charge in [-0.3, -0.25) is 0 Å². The Morgan fingerprint density at radius 2 is 1.68 bits per heavy atom. The molecule has 12 nitrogen and oxygen atoms in total. The van der Waals surface area contributed by atoms with Gasteiger partial charge < -0.3 is 55.6 Å². The zero-order valence-electron chi connectivity index (χ0n) is 13.0. The first-order valence-corrected chi connectivity index (χ1v) is 7.75. The molecule has 0 aromatic heterocycles. The summed E-state index contributed by atoms with van der Waals surface area (Å²) in [5.41, 5.74) is -2.11. The lowest BCUT2D eigenvalue weighted by Crippen LogP contribution is -2.63. The molecule has 3 aliphatic rings. The molecule has 0 amide bonds. The van der Waals surface area contributed by atoms with Crippen molar-refractivity contribution in [1.82, 2.24) is 5.32 Å². The number of nitrogens with one attached hydrogen (secondary N) is 1. The van der Waals surface area contributed by atoms with Crippen LogP contribution in [0.5, 0.6) is 0 Å². The second kappa shape index (κ2) is 6.57. The van der Waals surface area contributed by atoms with Gasteiger partial charge in [0.15, 0.2) is 12.3 Å². The van der Waals surface area contributed by atoms with Gasteiger partial charge in [-0.05, 0) is 0 Å². The molecule has 0 unspecified atom stereocenters. The van der Waals surface area contributed by atoms with Crippen molar-refractivity contribution >= 4 is 6.02 Å². The number of rotatable bonds is 3. The van der Waals surface area contributed by atoms with Crippen molar-refractivity contribution in [3.63, 3.8) is 0 Å². The van der Waals surface area contributed by atoms with Crippen LogP contribution in [0.4, 0.5) is 0 Å². The van der Waals surface area contributed by atoms with Crippen molar-refractivity contribution in [2.75, 3.05) is 13.2 Å². The molecular formula is C13H22N2O10. The van der Waals surface area contributed by atoms with E-state index < -0.39 is 73.8 Å².